The van der Waals surface area contributed by atoms with Crippen LogP contribution in [0.1, 0.15) is 24.0 Å². The van der Waals surface area contributed by atoms with Crippen LogP contribution < -0.4 is 5.32 Å². The van der Waals surface area contributed by atoms with Crippen molar-refractivity contribution in [3.63, 3.8) is 0 Å². The van der Waals surface area contributed by atoms with Crippen molar-refractivity contribution < 1.29 is 4.79 Å². The number of rotatable bonds is 2. The van der Waals surface area contributed by atoms with Gasteiger partial charge < -0.3 is 4.90 Å². The summed E-state index contributed by atoms with van der Waals surface area (Å²) in [5.41, 5.74) is 0. The van der Waals surface area contributed by atoms with Crippen LogP contribution in [-0.2, 0) is 0 Å². The molecule has 2 amide bonds. The summed E-state index contributed by atoms with van der Waals surface area (Å²) in [6, 6.07) is 1.70. The lowest BCUT2D eigenvalue weighted by Gasteiger charge is -2.15. The van der Waals surface area contributed by atoms with Crippen molar-refractivity contribution in [2.45, 2.75) is 19.3 Å². The molecule has 2 N–H and O–H groups in total. The van der Waals surface area contributed by atoms with Crippen molar-refractivity contribution in [1.82, 2.24) is 24.5 Å². The average molecular weight is 278 g/mol. The van der Waals surface area contributed by atoms with Crippen LogP contribution in [0, 0.1) is 6.92 Å². The Morgan fingerprint density at radius 2 is 2.53 bits per heavy atom. The van der Waals surface area contributed by atoms with Crippen LogP contribution in [-0.4, -0.2) is 43.6 Å². The number of urea groups is 1. The predicted octanol–water partition coefficient (Wildman–Crippen LogP) is 1.59. The van der Waals surface area contributed by atoms with Crippen LogP contribution in [0.5, 0.6) is 0 Å². The van der Waals surface area contributed by atoms with E-state index in [2.05, 4.69) is 24.9 Å². The number of nitrogens with one attached hydrogen (secondary N) is 2. The first-order valence-electron chi connectivity index (χ1n) is 6.08. The van der Waals surface area contributed by atoms with Gasteiger partial charge >= 0.3 is 6.03 Å². The van der Waals surface area contributed by atoms with E-state index >= 15 is 0 Å². The summed E-state index contributed by atoms with van der Waals surface area (Å²) < 4.78 is 3.95. The number of aromatic nitrogens is 4. The minimum Gasteiger partial charge on any atom is -0.324 e. The third-order valence-electron chi connectivity index (χ3n) is 3.12. The van der Waals surface area contributed by atoms with Gasteiger partial charge in [-0.1, -0.05) is 0 Å². The number of hydrogen-bond donors (Lipinski definition) is 2. The second-order valence-electron chi connectivity index (χ2n) is 4.52. The van der Waals surface area contributed by atoms with E-state index in [1.54, 1.807) is 17.2 Å². The fourth-order valence-corrected chi connectivity index (χ4v) is 2.65. The Hall–Kier alpha value is -1.96. The minimum atomic E-state index is -0.0843. The Morgan fingerprint density at radius 1 is 1.63 bits per heavy atom. The number of carbonyl (C=O) groups is 1. The van der Waals surface area contributed by atoms with Crippen molar-refractivity contribution in [3.8, 4) is 0 Å². The quantitative estimate of drug-likeness (QED) is 0.873. The highest BCUT2D eigenvalue weighted by Crippen LogP contribution is 2.25. The van der Waals surface area contributed by atoms with E-state index in [9.17, 15) is 4.79 Å². The number of aryl methyl sites for hydroxylation is 1. The Balaban J connectivity index is 1.61. The van der Waals surface area contributed by atoms with E-state index in [1.807, 2.05) is 6.92 Å². The van der Waals surface area contributed by atoms with Gasteiger partial charge in [0.2, 0.25) is 0 Å². The van der Waals surface area contributed by atoms with E-state index in [1.165, 1.54) is 11.5 Å². The van der Waals surface area contributed by atoms with Crippen molar-refractivity contribution >= 4 is 22.6 Å². The maximum absolute atomic E-state index is 12.0. The second kappa shape index (κ2) is 4.96. The molecular formula is C11H14N6OS. The summed E-state index contributed by atoms with van der Waals surface area (Å²) in [6.45, 7) is 3.25. The molecule has 0 saturated carbocycles. The first-order valence-corrected chi connectivity index (χ1v) is 6.85. The highest BCUT2D eigenvalue weighted by atomic mass is 32.1. The molecule has 3 heterocycles. The van der Waals surface area contributed by atoms with E-state index in [0.29, 0.717) is 6.54 Å². The van der Waals surface area contributed by atoms with Crippen molar-refractivity contribution in [1.29, 1.82) is 0 Å². The van der Waals surface area contributed by atoms with E-state index in [-0.39, 0.29) is 11.9 Å². The lowest BCUT2D eigenvalue weighted by molar-refractivity contribution is 0.222. The van der Waals surface area contributed by atoms with Gasteiger partial charge in [-0.05, 0) is 30.9 Å². The largest absolute Gasteiger partial charge is 0.324 e. The fourth-order valence-electron chi connectivity index (χ4n) is 2.16. The zero-order valence-electron chi connectivity index (χ0n) is 10.5. The molecule has 0 radical (unpaired) electrons. The second-order valence-corrected chi connectivity index (χ2v) is 5.35. The Morgan fingerprint density at radius 3 is 3.21 bits per heavy atom. The molecule has 3 rings (SSSR count). The maximum Gasteiger partial charge on any atom is 0.322 e. The summed E-state index contributed by atoms with van der Waals surface area (Å²) in [4.78, 5) is 18.2. The van der Waals surface area contributed by atoms with Gasteiger partial charge in [0, 0.05) is 25.2 Å². The number of likely N-dealkylation sites (tertiary alicyclic amines) is 1. The Kier molecular flexibility index (Phi) is 3.16. The SMILES string of the molecule is Cc1nc(C2CCN(C(=O)Nc3ccns3)C2)n[nH]1. The molecule has 1 saturated heterocycles. The molecule has 1 aliphatic heterocycles. The van der Waals surface area contributed by atoms with Crippen LogP contribution >= 0.6 is 11.5 Å². The number of amides is 2. The summed E-state index contributed by atoms with van der Waals surface area (Å²) in [5, 5.41) is 10.6. The summed E-state index contributed by atoms with van der Waals surface area (Å²) in [7, 11) is 0. The van der Waals surface area contributed by atoms with Crippen LogP contribution in [0.15, 0.2) is 12.3 Å². The molecule has 0 bridgehead atoms. The van der Waals surface area contributed by atoms with E-state index in [4.69, 9.17) is 0 Å². The van der Waals surface area contributed by atoms with Gasteiger partial charge in [0.1, 0.15) is 10.8 Å². The normalized spacial score (nSPS) is 18.8. The lowest BCUT2D eigenvalue weighted by Crippen LogP contribution is -2.32. The molecule has 7 nitrogen and oxygen atoms in total. The first kappa shape index (κ1) is 12.1. The Bertz CT molecular complexity index is 566. The molecule has 0 aromatic carbocycles. The maximum atomic E-state index is 12.0. The third kappa shape index (κ3) is 2.58. The van der Waals surface area contributed by atoms with E-state index < -0.39 is 0 Å². The van der Waals surface area contributed by atoms with E-state index in [0.717, 1.165) is 29.6 Å². The van der Waals surface area contributed by atoms with Crippen LogP contribution in [0.3, 0.4) is 0 Å². The predicted molar refractivity (Wildman–Crippen MR) is 71.2 cm³/mol. The van der Waals surface area contributed by atoms with Gasteiger partial charge in [0.15, 0.2) is 5.82 Å². The molecule has 1 atom stereocenters. The molecule has 100 valence electrons. The molecule has 1 unspecified atom stereocenters. The van der Waals surface area contributed by atoms with Gasteiger partial charge in [0.25, 0.3) is 0 Å². The summed E-state index contributed by atoms with van der Waals surface area (Å²) in [6.07, 6.45) is 2.57. The summed E-state index contributed by atoms with van der Waals surface area (Å²) in [5.74, 6) is 1.82. The zero-order chi connectivity index (χ0) is 13.2. The van der Waals surface area contributed by atoms with Gasteiger partial charge in [-0.25, -0.2) is 9.78 Å². The number of anilines is 1. The molecule has 19 heavy (non-hydrogen) atoms. The van der Waals surface area contributed by atoms with Gasteiger partial charge in [0.05, 0.1) is 0 Å². The average Bonchev–Trinajstić information content (AvgIpc) is 3.07. The van der Waals surface area contributed by atoms with Crippen LogP contribution in [0.25, 0.3) is 0 Å². The monoisotopic (exact) mass is 278 g/mol. The van der Waals surface area contributed by atoms with Gasteiger partial charge in [-0.2, -0.15) is 9.47 Å². The number of nitrogens with zero attached hydrogens (tertiary/aromatic N) is 4. The van der Waals surface area contributed by atoms with Crippen LogP contribution in [0.2, 0.25) is 0 Å². The molecule has 0 aliphatic carbocycles. The van der Waals surface area contributed by atoms with Crippen LogP contribution in [0.4, 0.5) is 9.80 Å². The molecule has 8 heteroatoms. The summed E-state index contributed by atoms with van der Waals surface area (Å²) >= 11 is 1.27. The minimum absolute atomic E-state index is 0.0843. The van der Waals surface area contributed by atoms with Crippen molar-refractivity contribution in [3.05, 3.63) is 23.9 Å². The van der Waals surface area contributed by atoms with Crippen molar-refractivity contribution in [2.75, 3.05) is 18.4 Å². The molecular weight excluding hydrogens is 264 g/mol. The van der Waals surface area contributed by atoms with Crippen molar-refractivity contribution in [2.24, 2.45) is 0 Å². The number of H-pyrrole nitrogens is 1. The fraction of sp³-hybridized carbons (Fsp3) is 0.455. The highest BCUT2D eigenvalue weighted by Gasteiger charge is 2.29. The number of hydrogen-bond acceptors (Lipinski definition) is 5. The molecule has 2 aromatic heterocycles. The number of aromatic amines is 1. The molecule has 0 spiro atoms. The molecule has 2 aromatic rings. The smallest absolute Gasteiger partial charge is 0.322 e. The Labute approximate surface area is 114 Å². The topological polar surface area (TPSA) is 86.8 Å². The lowest BCUT2D eigenvalue weighted by atomic mass is 10.1. The first-order chi connectivity index (χ1) is 9.22. The molecule has 1 fully saturated rings. The third-order valence-corrected chi connectivity index (χ3v) is 3.79. The standard InChI is InChI=1S/C11H14N6OS/c1-7-13-10(16-15-7)8-3-5-17(6-8)11(18)14-9-2-4-12-19-9/h2,4,8H,3,5-6H2,1H3,(H,14,18)(H,13,15,16). The van der Waals surface area contributed by atoms with Gasteiger partial charge in [-0.15, -0.1) is 0 Å². The van der Waals surface area contributed by atoms with Gasteiger partial charge in [-0.3, -0.25) is 10.4 Å². The zero-order valence-corrected chi connectivity index (χ0v) is 11.3. The highest BCUT2D eigenvalue weighted by molar-refractivity contribution is 7.10. The number of carbonyl (C=O) groups excluding carboxylic acids is 1. The molecule has 1 aliphatic rings.